The minimum Gasteiger partial charge on any atom is -0.377 e. The normalized spacial score (nSPS) is 14.6. The third-order valence-corrected chi connectivity index (χ3v) is 6.91. The Bertz CT molecular complexity index is 376. The molecule has 0 aromatic rings. The minimum absolute atomic E-state index is 0. The van der Waals surface area contributed by atoms with Crippen molar-refractivity contribution in [3.63, 3.8) is 0 Å². The van der Waals surface area contributed by atoms with Gasteiger partial charge in [-0.3, -0.25) is 4.79 Å². The second-order valence-corrected chi connectivity index (χ2v) is 9.46. The van der Waals surface area contributed by atoms with E-state index in [1.807, 2.05) is 20.8 Å². The minimum atomic E-state index is -2.97. The first kappa shape index (κ1) is 24.8. The molecule has 8 heteroatoms. The number of nitrogens with one attached hydrogen (secondary N) is 1. The fraction of sp³-hybridized carbons (Fsp3) is 0.800. The van der Waals surface area contributed by atoms with Gasteiger partial charge in [0, 0.05) is 38.5 Å². The lowest BCUT2D eigenvalue weighted by Crippen LogP contribution is -2.57. The van der Waals surface area contributed by atoms with Crippen LogP contribution in [-0.2, 0) is 18.1 Å². The van der Waals surface area contributed by atoms with Crippen LogP contribution in [0.1, 0.15) is 40.5 Å². The number of carbonyl (C=O) groups is 1. The first-order valence-corrected chi connectivity index (χ1v) is 9.27. The summed E-state index contributed by atoms with van der Waals surface area (Å²) < 4.78 is 16.9. The zero-order valence-electron chi connectivity index (χ0n) is 15.4. The monoisotopic (exact) mass is 368 g/mol. The van der Waals surface area contributed by atoms with Crippen LogP contribution in [0.25, 0.3) is 0 Å². The number of amides is 1. The van der Waals surface area contributed by atoms with Gasteiger partial charge in [0.25, 0.3) is 0 Å². The number of hydrogen-bond acceptors (Lipinski definition) is 5. The molecule has 2 atom stereocenters. The average Bonchev–Trinajstić information content (AvgIpc) is 2.44. The van der Waals surface area contributed by atoms with E-state index < -0.39 is 14.3 Å². The Balaban J connectivity index is 0. The van der Waals surface area contributed by atoms with Gasteiger partial charge in [-0.15, -0.1) is 12.4 Å². The SMILES string of the molecule is C=C(C)C(=O)NC(CC)C(CC(C)(C)N)[Si](OC)(OC)OC.Cl. The van der Waals surface area contributed by atoms with Crippen molar-refractivity contribution in [1.82, 2.24) is 5.32 Å². The molecule has 0 fully saturated rings. The number of carbonyl (C=O) groups excluding carboxylic acids is 1. The largest absolute Gasteiger partial charge is 0.505 e. The van der Waals surface area contributed by atoms with E-state index in [2.05, 4.69) is 11.9 Å². The van der Waals surface area contributed by atoms with Crippen LogP contribution in [0.2, 0.25) is 5.54 Å². The van der Waals surface area contributed by atoms with Gasteiger partial charge in [-0.25, -0.2) is 0 Å². The van der Waals surface area contributed by atoms with Crippen LogP contribution in [-0.4, -0.2) is 47.6 Å². The van der Waals surface area contributed by atoms with E-state index in [1.165, 1.54) is 0 Å². The summed E-state index contributed by atoms with van der Waals surface area (Å²) in [5.41, 5.74) is 6.07. The molecule has 0 aliphatic rings. The molecule has 0 spiro atoms. The van der Waals surface area contributed by atoms with E-state index in [4.69, 9.17) is 19.0 Å². The molecule has 0 heterocycles. The molecule has 0 aromatic carbocycles. The van der Waals surface area contributed by atoms with Gasteiger partial charge >= 0.3 is 8.80 Å². The van der Waals surface area contributed by atoms with Crippen LogP contribution in [0, 0.1) is 0 Å². The van der Waals surface area contributed by atoms with Crippen LogP contribution in [0.3, 0.4) is 0 Å². The predicted octanol–water partition coefficient (Wildman–Crippen LogP) is 2.25. The molecule has 0 bridgehead atoms. The Morgan fingerprint density at radius 3 is 1.96 bits per heavy atom. The molecule has 0 radical (unpaired) electrons. The van der Waals surface area contributed by atoms with Crippen LogP contribution >= 0.6 is 12.4 Å². The molecule has 6 nitrogen and oxygen atoms in total. The number of hydrogen-bond donors (Lipinski definition) is 2. The Kier molecular flexibility index (Phi) is 11.2. The predicted molar refractivity (Wildman–Crippen MR) is 97.7 cm³/mol. The summed E-state index contributed by atoms with van der Waals surface area (Å²) in [6.07, 6.45) is 1.31. The second kappa shape index (κ2) is 10.4. The van der Waals surface area contributed by atoms with Gasteiger partial charge in [0.2, 0.25) is 5.91 Å². The van der Waals surface area contributed by atoms with Crippen molar-refractivity contribution in [1.29, 1.82) is 0 Å². The molecule has 1 amide bonds. The van der Waals surface area contributed by atoms with E-state index >= 15 is 0 Å². The van der Waals surface area contributed by atoms with Gasteiger partial charge in [0.15, 0.2) is 0 Å². The van der Waals surface area contributed by atoms with Crippen LogP contribution in [0.15, 0.2) is 12.2 Å². The molecule has 0 saturated carbocycles. The maximum absolute atomic E-state index is 12.0. The zero-order chi connectivity index (χ0) is 17.6. The number of halogens is 1. The molecular weight excluding hydrogens is 336 g/mol. The van der Waals surface area contributed by atoms with Crippen molar-refractivity contribution in [2.24, 2.45) is 5.73 Å². The highest BCUT2D eigenvalue weighted by molar-refractivity contribution is 6.62. The van der Waals surface area contributed by atoms with E-state index in [0.717, 1.165) is 0 Å². The third-order valence-electron chi connectivity index (χ3n) is 3.68. The number of nitrogens with two attached hydrogens (primary N) is 1. The van der Waals surface area contributed by atoms with E-state index in [0.29, 0.717) is 18.4 Å². The average molecular weight is 369 g/mol. The maximum Gasteiger partial charge on any atom is 0.505 e. The molecule has 3 N–H and O–H groups in total. The lowest BCUT2D eigenvalue weighted by molar-refractivity contribution is -0.118. The molecule has 2 unspecified atom stereocenters. The second-order valence-electron chi connectivity index (χ2n) is 6.28. The Hall–Kier alpha value is -0.443. The van der Waals surface area contributed by atoms with Gasteiger partial charge in [-0.2, -0.15) is 0 Å². The van der Waals surface area contributed by atoms with Crippen LogP contribution < -0.4 is 11.1 Å². The van der Waals surface area contributed by atoms with Crippen LogP contribution in [0.5, 0.6) is 0 Å². The Labute approximate surface area is 147 Å². The standard InChI is InChI=1S/C15H32N2O4Si.ClH/c1-9-12(17-14(18)11(2)3)13(10-15(4,5)16)22(19-6,20-7)21-8;/h12-13H,2,9-10,16H2,1,3-8H3,(H,17,18);1H. The summed E-state index contributed by atoms with van der Waals surface area (Å²) in [5.74, 6) is -0.183. The van der Waals surface area contributed by atoms with Gasteiger partial charge in [0.1, 0.15) is 0 Å². The quantitative estimate of drug-likeness (QED) is 0.456. The van der Waals surface area contributed by atoms with Crippen molar-refractivity contribution in [3.8, 4) is 0 Å². The molecule has 0 rings (SSSR count). The molecule has 0 aliphatic heterocycles. The van der Waals surface area contributed by atoms with Gasteiger partial charge in [0.05, 0.1) is 5.54 Å². The Morgan fingerprint density at radius 1 is 1.26 bits per heavy atom. The molecule has 23 heavy (non-hydrogen) atoms. The molecule has 0 aromatic heterocycles. The topological polar surface area (TPSA) is 82.8 Å². The lowest BCUT2D eigenvalue weighted by Gasteiger charge is -2.40. The summed E-state index contributed by atoms with van der Waals surface area (Å²) in [5, 5.41) is 3.00. The third kappa shape index (κ3) is 7.32. The number of rotatable bonds is 10. The molecular formula is C15H33ClN2O4Si. The maximum atomic E-state index is 12.0. The van der Waals surface area contributed by atoms with Crippen molar-refractivity contribution >= 4 is 27.1 Å². The summed E-state index contributed by atoms with van der Waals surface area (Å²) in [7, 11) is 1.75. The smallest absolute Gasteiger partial charge is 0.377 e. The highest BCUT2D eigenvalue weighted by atomic mass is 35.5. The van der Waals surface area contributed by atoms with Crippen molar-refractivity contribution in [3.05, 3.63) is 12.2 Å². The summed E-state index contributed by atoms with van der Waals surface area (Å²) in [6.45, 7) is 11.2. The summed E-state index contributed by atoms with van der Waals surface area (Å²) in [6, 6.07) is -0.168. The van der Waals surface area contributed by atoms with E-state index in [-0.39, 0.29) is 29.9 Å². The Morgan fingerprint density at radius 2 is 1.70 bits per heavy atom. The summed E-state index contributed by atoms with van der Waals surface area (Å²) >= 11 is 0. The lowest BCUT2D eigenvalue weighted by atomic mass is 9.95. The molecule has 0 saturated heterocycles. The van der Waals surface area contributed by atoms with Gasteiger partial charge < -0.3 is 24.3 Å². The first-order valence-electron chi connectivity index (χ1n) is 7.47. The van der Waals surface area contributed by atoms with Crippen molar-refractivity contribution < 1.29 is 18.1 Å². The molecule has 0 aliphatic carbocycles. The van der Waals surface area contributed by atoms with E-state index in [9.17, 15) is 4.79 Å². The van der Waals surface area contributed by atoms with E-state index in [1.54, 1.807) is 28.3 Å². The van der Waals surface area contributed by atoms with Crippen LogP contribution in [0.4, 0.5) is 0 Å². The van der Waals surface area contributed by atoms with Gasteiger partial charge in [-0.05, 0) is 33.6 Å². The van der Waals surface area contributed by atoms with Gasteiger partial charge in [-0.1, -0.05) is 13.5 Å². The highest BCUT2D eigenvalue weighted by Gasteiger charge is 2.52. The summed E-state index contributed by atoms with van der Waals surface area (Å²) in [4.78, 5) is 12.0. The molecule has 138 valence electrons. The van der Waals surface area contributed by atoms with Crippen molar-refractivity contribution in [2.45, 2.75) is 57.7 Å². The zero-order valence-corrected chi connectivity index (χ0v) is 17.2. The fourth-order valence-electron chi connectivity index (χ4n) is 2.56. The highest BCUT2D eigenvalue weighted by Crippen LogP contribution is 2.35. The van der Waals surface area contributed by atoms with Crippen molar-refractivity contribution in [2.75, 3.05) is 21.3 Å². The fourth-order valence-corrected chi connectivity index (χ4v) is 5.56. The first-order chi connectivity index (χ1) is 10.1.